The minimum atomic E-state index is -0.713. The van der Waals surface area contributed by atoms with Gasteiger partial charge in [0.1, 0.15) is 11.2 Å². The van der Waals surface area contributed by atoms with Gasteiger partial charge in [-0.05, 0) is 97.4 Å². The number of hydrogen-bond acceptors (Lipinski definition) is 9. The Morgan fingerprint density at radius 3 is 1.79 bits per heavy atom. The van der Waals surface area contributed by atoms with Crippen molar-refractivity contribution in [1.29, 1.82) is 0 Å². The number of fused-ring (bicyclic) bond motifs is 1. The molecule has 2 fully saturated rings. The molecule has 2 aromatic carbocycles. The van der Waals surface area contributed by atoms with Crippen LogP contribution in [0.25, 0.3) is 33.6 Å². The highest BCUT2D eigenvalue weighted by Crippen LogP contribution is 2.43. The molecule has 15 heteroatoms. The molecule has 4 aromatic rings. The Labute approximate surface area is 379 Å². The summed E-state index contributed by atoms with van der Waals surface area (Å²) < 4.78 is 17.4. The number of carbonyl (C=O) groups excluding carboxylic acids is 4. The van der Waals surface area contributed by atoms with Crippen LogP contribution in [0.5, 0.6) is 5.88 Å². The number of rotatable bonds is 11. The number of aromatic nitrogens is 2. The van der Waals surface area contributed by atoms with Crippen molar-refractivity contribution in [3.05, 3.63) is 87.5 Å². The van der Waals surface area contributed by atoms with Crippen molar-refractivity contribution in [2.24, 2.45) is 0 Å². The largest absolute Gasteiger partial charge is 0.481 e. The molecule has 334 valence electrons. The lowest BCUT2D eigenvalue weighted by Gasteiger charge is -2.37. The van der Waals surface area contributed by atoms with Gasteiger partial charge in [-0.1, -0.05) is 65.7 Å². The van der Waals surface area contributed by atoms with E-state index in [0.29, 0.717) is 81.8 Å². The standard InChI is InChI=1S/C48H56Cl2N6O7/c1-47(2,3)62-45(59)55(26-29-18-23-40(57)51-29)25-28-17-21-38(54-44(28)61-7)35-14-9-12-32(43(35)50)31-11-8-13-34(42(31)49)37-22-20-33-36(53-37)15-10-16-39(33)56(46(60)63-48(4,5)6)27-30-19-24-41(58)52-30/h8-9,11-14,17,20-22,29-30,39H,10,15-16,18-19,23-27H2,1-7H3,(H,51,57)(H,52,58)/t29-,30-,39+/m0/s1. The van der Waals surface area contributed by atoms with Crippen molar-refractivity contribution in [3.8, 4) is 39.5 Å². The van der Waals surface area contributed by atoms with Gasteiger partial charge in [-0.2, -0.15) is 0 Å². The Morgan fingerprint density at radius 2 is 1.24 bits per heavy atom. The minimum absolute atomic E-state index is 0.00740. The number of carbonyl (C=O) groups is 4. The van der Waals surface area contributed by atoms with Crippen LogP contribution in [0.3, 0.4) is 0 Å². The molecular weight excluding hydrogens is 843 g/mol. The monoisotopic (exact) mass is 898 g/mol. The van der Waals surface area contributed by atoms with E-state index in [1.807, 2.05) is 102 Å². The van der Waals surface area contributed by atoms with E-state index in [1.165, 1.54) is 7.11 Å². The summed E-state index contributed by atoms with van der Waals surface area (Å²) in [5.74, 6) is 0.271. The summed E-state index contributed by atoms with van der Waals surface area (Å²) in [6, 6.07) is 18.5. The van der Waals surface area contributed by atoms with E-state index in [2.05, 4.69) is 10.6 Å². The topological polar surface area (TPSA) is 152 Å². The van der Waals surface area contributed by atoms with Crippen LogP contribution in [0.2, 0.25) is 10.0 Å². The summed E-state index contributed by atoms with van der Waals surface area (Å²) in [6.07, 6.45) is 3.52. The normalized spacial score (nSPS) is 18.6. The molecule has 13 nitrogen and oxygen atoms in total. The van der Waals surface area contributed by atoms with Crippen LogP contribution >= 0.6 is 23.2 Å². The number of halogens is 2. The van der Waals surface area contributed by atoms with Crippen LogP contribution in [0.15, 0.2) is 60.7 Å². The average molecular weight is 900 g/mol. The fraction of sp³-hybridized carbons (Fsp3) is 0.458. The highest BCUT2D eigenvalue weighted by Gasteiger charge is 2.36. The van der Waals surface area contributed by atoms with Gasteiger partial charge in [-0.25, -0.2) is 14.6 Å². The molecule has 0 saturated carbocycles. The summed E-state index contributed by atoms with van der Waals surface area (Å²) in [6.45, 7) is 11.8. The van der Waals surface area contributed by atoms with Crippen molar-refractivity contribution in [1.82, 2.24) is 30.4 Å². The quantitative estimate of drug-likeness (QED) is 0.150. The first-order valence-corrected chi connectivity index (χ1v) is 22.3. The van der Waals surface area contributed by atoms with E-state index < -0.39 is 23.4 Å². The van der Waals surface area contributed by atoms with Crippen LogP contribution in [-0.2, 0) is 32.0 Å². The van der Waals surface area contributed by atoms with Crippen LogP contribution in [0.4, 0.5) is 9.59 Å². The van der Waals surface area contributed by atoms with Crippen LogP contribution in [0, 0.1) is 0 Å². The number of benzene rings is 2. The molecule has 0 bridgehead atoms. The second-order valence-corrected chi connectivity index (χ2v) is 19.2. The Bertz CT molecular complexity index is 2400. The number of nitrogens with zero attached hydrogens (tertiary/aromatic N) is 4. The summed E-state index contributed by atoms with van der Waals surface area (Å²) in [7, 11) is 1.52. The fourth-order valence-corrected chi connectivity index (χ4v) is 9.07. The maximum absolute atomic E-state index is 13.7. The molecular formula is C48H56Cl2N6O7. The number of hydrogen-bond donors (Lipinski definition) is 2. The average Bonchev–Trinajstić information content (AvgIpc) is 3.84. The van der Waals surface area contributed by atoms with Gasteiger partial charge < -0.3 is 29.7 Å². The predicted molar refractivity (Wildman–Crippen MR) is 243 cm³/mol. The number of aryl methyl sites for hydroxylation is 1. The summed E-state index contributed by atoms with van der Waals surface area (Å²) in [4.78, 5) is 64.4. The zero-order valence-corrected chi connectivity index (χ0v) is 38.5. The zero-order chi connectivity index (χ0) is 45.2. The minimum Gasteiger partial charge on any atom is -0.481 e. The molecule has 0 unspecified atom stereocenters. The van der Waals surface area contributed by atoms with Crippen LogP contribution < -0.4 is 15.4 Å². The third kappa shape index (κ3) is 10.9. The Hall–Kier alpha value is -5.40. The van der Waals surface area contributed by atoms with Crippen LogP contribution in [-0.4, -0.2) is 87.3 Å². The van der Waals surface area contributed by atoms with Crippen molar-refractivity contribution >= 4 is 47.2 Å². The molecule has 4 amide bonds. The van der Waals surface area contributed by atoms with Gasteiger partial charge in [-0.3, -0.25) is 19.5 Å². The summed E-state index contributed by atoms with van der Waals surface area (Å²) in [5, 5.41) is 6.86. The lowest BCUT2D eigenvalue weighted by atomic mass is 9.89. The first-order valence-electron chi connectivity index (χ1n) is 21.6. The van der Waals surface area contributed by atoms with Gasteiger partial charge in [0.2, 0.25) is 17.7 Å². The number of nitrogens with one attached hydrogen (secondary N) is 2. The number of pyridine rings is 2. The number of amides is 4. The molecule has 7 rings (SSSR count). The third-order valence-corrected chi connectivity index (χ3v) is 12.1. The third-order valence-electron chi connectivity index (χ3n) is 11.3. The van der Waals surface area contributed by atoms with Gasteiger partial charge >= 0.3 is 12.2 Å². The van der Waals surface area contributed by atoms with Crippen LogP contribution in [0.1, 0.15) is 103 Å². The second kappa shape index (κ2) is 18.8. The van der Waals surface area contributed by atoms with E-state index in [-0.39, 0.29) is 43.0 Å². The molecule has 0 spiro atoms. The first kappa shape index (κ1) is 45.6. The fourth-order valence-electron chi connectivity index (χ4n) is 8.42. The Morgan fingerprint density at radius 1 is 0.698 bits per heavy atom. The van der Waals surface area contributed by atoms with Gasteiger partial charge in [0.15, 0.2) is 0 Å². The number of ether oxygens (including phenoxy) is 3. The maximum Gasteiger partial charge on any atom is 0.410 e. The summed E-state index contributed by atoms with van der Waals surface area (Å²) in [5.41, 5.74) is 5.15. The maximum atomic E-state index is 13.7. The predicted octanol–water partition coefficient (Wildman–Crippen LogP) is 9.70. The molecule has 2 N–H and O–H groups in total. The molecule has 2 aromatic heterocycles. The molecule has 3 aliphatic rings. The van der Waals surface area contributed by atoms with E-state index in [1.54, 1.807) is 9.80 Å². The molecule has 63 heavy (non-hydrogen) atoms. The Kier molecular flexibility index (Phi) is 13.6. The van der Waals surface area contributed by atoms with Gasteiger partial charge in [0.05, 0.1) is 41.1 Å². The first-order chi connectivity index (χ1) is 29.9. The lowest BCUT2D eigenvalue weighted by Crippen LogP contribution is -2.46. The van der Waals surface area contributed by atoms with Gasteiger partial charge in [0, 0.05) is 71.5 Å². The molecule has 4 heterocycles. The molecule has 2 aliphatic heterocycles. The number of methoxy groups -OCH3 is 1. The summed E-state index contributed by atoms with van der Waals surface area (Å²) >= 11 is 14.5. The van der Waals surface area contributed by atoms with Gasteiger partial charge in [0.25, 0.3) is 0 Å². The van der Waals surface area contributed by atoms with Crippen molar-refractivity contribution < 1.29 is 33.4 Å². The van der Waals surface area contributed by atoms with E-state index in [0.717, 1.165) is 36.1 Å². The second-order valence-electron chi connectivity index (χ2n) is 18.4. The van der Waals surface area contributed by atoms with Gasteiger partial charge in [-0.15, -0.1) is 0 Å². The van der Waals surface area contributed by atoms with Crippen molar-refractivity contribution in [3.63, 3.8) is 0 Å². The Balaban J connectivity index is 1.15. The van der Waals surface area contributed by atoms with Crippen molar-refractivity contribution in [2.75, 3.05) is 20.2 Å². The zero-order valence-electron chi connectivity index (χ0n) is 37.0. The molecule has 3 atom stereocenters. The lowest BCUT2D eigenvalue weighted by molar-refractivity contribution is -0.120. The molecule has 0 radical (unpaired) electrons. The highest BCUT2D eigenvalue weighted by atomic mass is 35.5. The van der Waals surface area contributed by atoms with E-state index >= 15 is 0 Å². The molecule has 1 aliphatic carbocycles. The van der Waals surface area contributed by atoms with Crippen molar-refractivity contribution in [2.45, 2.75) is 122 Å². The highest BCUT2D eigenvalue weighted by molar-refractivity contribution is 6.39. The smallest absolute Gasteiger partial charge is 0.410 e. The molecule has 2 saturated heterocycles. The van der Waals surface area contributed by atoms with E-state index in [9.17, 15) is 19.2 Å². The SMILES string of the molecule is COc1nc(-c2cccc(-c3cccc(-c4ccc5c(n4)CCC[C@H]5N(C[C@@H]4CCC(=O)N4)C(=O)OC(C)(C)C)c3Cl)c2Cl)ccc1CN(C[C@@H]1CCC(=O)N1)C(=O)OC(C)(C)C. The van der Waals surface area contributed by atoms with E-state index in [4.69, 9.17) is 47.4 Å².